The average Bonchev–Trinajstić information content (AvgIpc) is 3.08. The third-order valence-corrected chi connectivity index (χ3v) is 4.02. The molecule has 0 atom stereocenters. The van der Waals surface area contributed by atoms with Crippen LogP contribution in [0.25, 0.3) is 11.4 Å². The van der Waals surface area contributed by atoms with Crippen molar-refractivity contribution in [2.45, 2.75) is 27.4 Å². The Bertz CT molecular complexity index is 923. The first-order valence-corrected chi connectivity index (χ1v) is 8.20. The summed E-state index contributed by atoms with van der Waals surface area (Å²) in [5.74, 6) is 0.845. The van der Waals surface area contributed by atoms with Gasteiger partial charge in [0.2, 0.25) is 5.82 Å². The van der Waals surface area contributed by atoms with Gasteiger partial charge < -0.3 is 14.0 Å². The van der Waals surface area contributed by atoms with Crippen molar-refractivity contribution in [1.82, 2.24) is 10.1 Å². The second kappa shape index (κ2) is 7.39. The molecule has 0 amide bonds. The maximum Gasteiger partial charge on any atom is 0.339 e. The van der Waals surface area contributed by atoms with Crippen LogP contribution in [0.5, 0.6) is 5.75 Å². The van der Waals surface area contributed by atoms with Crippen LogP contribution >= 0.6 is 0 Å². The molecule has 0 bridgehead atoms. The first kappa shape index (κ1) is 17.7. The zero-order chi connectivity index (χ0) is 18.7. The summed E-state index contributed by atoms with van der Waals surface area (Å²) in [5, 5.41) is 3.94. The predicted molar refractivity (Wildman–Crippen MR) is 96.1 cm³/mol. The number of esters is 1. The zero-order valence-corrected chi connectivity index (χ0v) is 15.2. The predicted octanol–water partition coefficient (Wildman–Crippen LogP) is 4.03. The SMILES string of the molecule is COc1ccccc1-c1noc(COC(=O)c2c(C)cc(C)cc2C)n1. The quantitative estimate of drug-likeness (QED) is 0.646. The van der Waals surface area contributed by atoms with Gasteiger partial charge in [-0.05, 0) is 44.0 Å². The largest absolute Gasteiger partial charge is 0.496 e. The molecule has 0 N–H and O–H groups in total. The Balaban J connectivity index is 1.74. The number of ether oxygens (including phenoxy) is 2. The van der Waals surface area contributed by atoms with E-state index in [0.717, 1.165) is 16.7 Å². The molecule has 0 aliphatic carbocycles. The molecule has 0 fully saturated rings. The summed E-state index contributed by atoms with van der Waals surface area (Å²) in [7, 11) is 1.58. The summed E-state index contributed by atoms with van der Waals surface area (Å²) in [4.78, 5) is 16.7. The van der Waals surface area contributed by atoms with Gasteiger partial charge in [-0.15, -0.1) is 0 Å². The molecule has 2 aromatic carbocycles. The van der Waals surface area contributed by atoms with E-state index in [2.05, 4.69) is 10.1 Å². The normalized spacial score (nSPS) is 10.6. The molecule has 0 saturated carbocycles. The Kier molecular flexibility index (Phi) is 5.02. The van der Waals surface area contributed by atoms with E-state index in [1.165, 1.54) is 0 Å². The lowest BCUT2D eigenvalue weighted by Gasteiger charge is -2.10. The third-order valence-electron chi connectivity index (χ3n) is 4.02. The number of benzene rings is 2. The molecule has 6 heteroatoms. The second-order valence-electron chi connectivity index (χ2n) is 6.06. The Morgan fingerprint density at radius 1 is 1.12 bits per heavy atom. The molecule has 0 radical (unpaired) electrons. The number of carbonyl (C=O) groups excluding carboxylic acids is 1. The fraction of sp³-hybridized carbons (Fsp3) is 0.250. The molecule has 6 nitrogen and oxygen atoms in total. The molecule has 0 spiro atoms. The monoisotopic (exact) mass is 352 g/mol. The molecule has 3 aromatic rings. The van der Waals surface area contributed by atoms with Crippen molar-refractivity contribution in [3.05, 3.63) is 64.5 Å². The van der Waals surface area contributed by atoms with E-state index in [-0.39, 0.29) is 12.5 Å². The summed E-state index contributed by atoms with van der Waals surface area (Å²) in [5.41, 5.74) is 4.15. The molecular weight excluding hydrogens is 332 g/mol. The number of hydrogen-bond acceptors (Lipinski definition) is 6. The zero-order valence-electron chi connectivity index (χ0n) is 15.2. The summed E-state index contributed by atoms with van der Waals surface area (Å²) in [6.45, 7) is 5.69. The lowest BCUT2D eigenvalue weighted by atomic mass is 10.00. The third kappa shape index (κ3) is 3.59. The number of aromatic nitrogens is 2. The van der Waals surface area contributed by atoms with Crippen LogP contribution in [0.3, 0.4) is 0 Å². The van der Waals surface area contributed by atoms with Crippen molar-refractivity contribution in [3.8, 4) is 17.1 Å². The van der Waals surface area contributed by atoms with E-state index in [4.69, 9.17) is 14.0 Å². The van der Waals surface area contributed by atoms with Gasteiger partial charge in [0.15, 0.2) is 6.61 Å². The van der Waals surface area contributed by atoms with Crippen LogP contribution in [-0.2, 0) is 11.3 Å². The Hall–Kier alpha value is -3.15. The summed E-state index contributed by atoms with van der Waals surface area (Å²) < 4.78 is 15.8. The molecule has 0 unspecified atom stereocenters. The summed E-state index contributed by atoms with van der Waals surface area (Å²) in [6, 6.07) is 11.3. The maximum absolute atomic E-state index is 12.4. The number of nitrogens with zero attached hydrogens (tertiary/aromatic N) is 2. The van der Waals surface area contributed by atoms with Gasteiger partial charge in [0, 0.05) is 0 Å². The van der Waals surface area contributed by atoms with Crippen LogP contribution in [0, 0.1) is 20.8 Å². The van der Waals surface area contributed by atoms with Gasteiger partial charge in [0.05, 0.1) is 18.2 Å². The molecule has 1 aromatic heterocycles. The van der Waals surface area contributed by atoms with E-state index < -0.39 is 5.97 Å². The van der Waals surface area contributed by atoms with Gasteiger partial charge in [0.1, 0.15) is 5.75 Å². The highest BCUT2D eigenvalue weighted by atomic mass is 16.6. The van der Waals surface area contributed by atoms with E-state index in [1.807, 2.05) is 57.2 Å². The van der Waals surface area contributed by atoms with Crippen molar-refractivity contribution in [2.24, 2.45) is 0 Å². The van der Waals surface area contributed by atoms with Gasteiger partial charge in [-0.25, -0.2) is 4.79 Å². The number of carbonyl (C=O) groups is 1. The highest BCUT2D eigenvalue weighted by molar-refractivity contribution is 5.92. The fourth-order valence-corrected chi connectivity index (χ4v) is 2.95. The van der Waals surface area contributed by atoms with Crippen LogP contribution in [0.15, 0.2) is 40.9 Å². The molecule has 0 aliphatic heterocycles. The smallest absolute Gasteiger partial charge is 0.339 e. The van der Waals surface area contributed by atoms with Crippen molar-refractivity contribution in [1.29, 1.82) is 0 Å². The molecule has 0 saturated heterocycles. The van der Waals surface area contributed by atoms with Gasteiger partial charge in [-0.1, -0.05) is 35.0 Å². The van der Waals surface area contributed by atoms with Crippen molar-refractivity contribution in [2.75, 3.05) is 7.11 Å². The van der Waals surface area contributed by atoms with Crippen molar-refractivity contribution in [3.63, 3.8) is 0 Å². The number of hydrogen-bond donors (Lipinski definition) is 0. The Morgan fingerprint density at radius 3 is 2.50 bits per heavy atom. The molecule has 3 rings (SSSR count). The van der Waals surface area contributed by atoms with Crippen LogP contribution in [0.2, 0.25) is 0 Å². The standard InChI is InChI=1S/C20H20N2O4/c1-12-9-13(2)18(14(3)10-12)20(23)25-11-17-21-19(22-26-17)15-7-5-6-8-16(15)24-4/h5-10H,11H2,1-4H3. The van der Waals surface area contributed by atoms with Crippen LogP contribution in [-0.4, -0.2) is 23.2 Å². The van der Waals surface area contributed by atoms with E-state index in [9.17, 15) is 4.79 Å². The lowest BCUT2D eigenvalue weighted by molar-refractivity contribution is 0.0428. The minimum atomic E-state index is -0.406. The highest BCUT2D eigenvalue weighted by Gasteiger charge is 2.17. The van der Waals surface area contributed by atoms with Gasteiger partial charge in [-0.2, -0.15) is 4.98 Å². The van der Waals surface area contributed by atoms with Crippen LogP contribution in [0.1, 0.15) is 32.9 Å². The van der Waals surface area contributed by atoms with Crippen molar-refractivity contribution >= 4 is 5.97 Å². The van der Waals surface area contributed by atoms with Crippen LogP contribution < -0.4 is 4.74 Å². The maximum atomic E-state index is 12.4. The first-order chi connectivity index (χ1) is 12.5. The summed E-state index contributed by atoms with van der Waals surface area (Å²) >= 11 is 0. The van der Waals surface area contributed by atoms with Crippen LogP contribution in [0.4, 0.5) is 0 Å². The number of methoxy groups -OCH3 is 1. The van der Waals surface area contributed by atoms with Gasteiger partial charge in [0.25, 0.3) is 5.89 Å². The average molecular weight is 352 g/mol. The summed E-state index contributed by atoms with van der Waals surface area (Å²) in [6.07, 6.45) is 0. The molecule has 26 heavy (non-hydrogen) atoms. The molecule has 0 aliphatic rings. The second-order valence-corrected chi connectivity index (χ2v) is 6.06. The fourth-order valence-electron chi connectivity index (χ4n) is 2.95. The first-order valence-electron chi connectivity index (χ1n) is 8.20. The molecule has 1 heterocycles. The highest BCUT2D eigenvalue weighted by Crippen LogP contribution is 2.27. The van der Waals surface area contributed by atoms with E-state index in [0.29, 0.717) is 22.7 Å². The number of para-hydroxylation sites is 1. The van der Waals surface area contributed by atoms with Gasteiger partial charge >= 0.3 is 5.97 Å². The van der Waals surface area contributed by atoms with Gasteiger partial charge in [-0.3, -0.25) is 0 Å². The van der Waals surface area contributed by atoms with E-state index in [1.54, 1.807) is 7.11 Å². The molecular formula is C20H20N2O4. The number of aryl methyl sites for hydroxylation is 3. The topological polar surface area (TPSA) is 74.5 Å². The number of rotatable bonds is 5. The lowest BCUT2D eigenvalue weighted by Crippen LogP contribution is -2.09. The van der Waals surface area contributed by atoms with Crippen molar-refractivity contribution < 1.29 is 18.8 Å². The molecule has 134 valence electrons. The Labute approximate surface area is 151 Å². The van der Waals surface area contributed by atoms with E-state index >= 15 is 0 Å². The Morgan fingerprint density at radius 2 is 1.81 bits per heavy atom. The minimum absolute atomic E-state index is 0.0895. The minimum Gasteiger partial charge on any atom is -0.496 e.